The molecular weight excluding hydrogens is 282 g/mol. The Morgan fingerprint density at radius 2 is 1.91 bits per heavy atom. The van der Waals surface area contributed by atoms with Gasteiger partial charge in [0, 0.05) is 6.54 Å². The molecule has 0 saturated heterocycles. The fourth-order valence-corrected chi connectivity index (χ4v) is 1.65. The molecule has 0 fully saturated rings. The molecule has 0 radical (unpaired) electrons. The van der Waals surface area contributed by atoms with Gasteiger partial charge in [-0.05, 0) is 33.3 Å². The van der Waals surface area contributed by atoms with E-state index in [2.05, 4.69) is 5.32 Å². The van der Waals surface area contributed by atoms with Crippen LogP contribution < -0.4 is 5.32 Å². The summed E-state index contributed by atoms with van der Waals surface area (Å²) in [6, 6.07) is 10.0. The Morgan fingerprint density at radius 3 is 2.55 bits per heavy atom. The third-order valence-electron chi connectivity index (χ3n) is 2.64. The minimum absolute atomic E-state index is 0.00160. The average Bonchev–Trinajstić information content (AvgIpc) is 2.44. The van der Waals surface area contributed by atoms with E-state index in [-0.39, 0.29) is 6.10 Å². The van der Waals surface area contributed by atoms with E-state index in [0.717, 1.165) is 5.56 Å². The summed E-state index contributed by atoms with van der Waals surface area (Å²) in [5, 5.41) is 2.64. The molecule has 1 unspecified atom stereocenters. The Kier molecular flexibility index (Phi) is 7.91. The fourth-order valence-electron chi connectivity index (χ4n) is 1.65. The summed E-state index contributed by atoms with van der Waals surface area (Å²) in [5.74, 6) is 0. The number of carbonyl (C=O) groups is 1. The summed E-state index contributed by atoms with van der Waals surface area (Å²) in [5.41, 5.74) is 0.658. The molecule has 1 aromatic carbocycles. The molecule has 1 amide bonds. The molecule has 22 heavy (non-hydrogen) atoms. The zero-order valence-corrected chi connectivity index (χ0v) is 13.9. The number of alkyl carbamates (subject to hydrolysis) is 1. The van der Waals surface area contributed by atoms with Crippen LogP contribution in [0, 0.1) is 0 Å². The molecule has 0 heterocycles. The minimum atomic E-state index is -0.481. The molecule has 5 nitrogen and oxygen atoms in total. The van der Waals surface area contributed by atoms with Crippen molar-refractivity contribution < 1.29 is 19.0 Å². The smallest absolute Gasteiger partial charge is 0.407 e. The van der Waals surface area contributed by atoms with Gasteiger partial charge in [-0.3, -0.25) is 0 Å². The summed E-state index contributed by atoms with van der Waals surface area (Å²) in [7, 11) is 0. The summed E-state index contributed by atoms with van der Waals surface area (Å²) < 4.78 is 16.3. The van der Waals surface area contributed by atoms with Crippen LogP contribution >= 0.6 is 0 Å². The summed E-state index contributed by atoms with van der Waals surface area (Å²) in [6.45, 7) is 9.35. The van der Waals surface area contributed by atoms with Crippen LogP contribution in [0.5, 0.6) is 0 Å². The Hall–Kier alpha value is -1.59. The van der Waals surface area contributed by atoms with Crippen molar-refractivity contribution in [3.63, 3.8) is 0 Å². The van der Waals surface area contributed by atoms with E-state index in [1.165, 1.54) is 0 Å². The van der Waals surface area contributed by atoms with Crippen molar-refractivity contribution in [1.82, 2.24) is 5.32 Å². The molecule has 0 aliphatic rings. The molecule has 1 rings (SSSR count). The lowest BCUT2D eigenvalue weighted by Gasteiger charge is -2.19. The number of nitrogens with one attached hydrogen (secondary N) is 1. The number of benzene rings is 1. The monoisotopic (exact) mass is 309 g/mol. The van der Waals surface area contributed by atoms with Crippen LogP contribution in [0.4, 0.5) is 4.79 Å². The Bertz CT molecular complexity index is 428. The van der Waals surface area contributed by atoms with Crippen molar-refractivity contribution in [3.8, 4) is 0 Å². The van der Waals surface area contributed by atoms with Crippen molar-refractivity contribution in [1.29, 1.82) is 0 Å². The molecule has 5 heteroatoms. The second kappa shape index (κ2) is 9.43. The van der Waals surface area contributed by atoms with E-state index in [9.17, 15) is 4.79 Å². The molecule has 0 aliphatic carbocycles. The molecule has 0 aromatic heterocycles. The molecule has 0 spiro atoms. The van der Waals surface area contributed by atoms with Gasteiger partial charge >= 0.3 is 6.09 Å². The zero-order valence-electron chi connectivity index (χ0n) is 13.9. The third kappa shape index (κ3) is 9.37. The molecule has 0 aliphatic heterocycles. The highest BCUT2D eigenvalue weighted by Gasteiger charge is 2.15. The minimum Gasteiger partial charge on any atom is -0.444 e. The van der Waals surface area contributed by atoms with Crippen LogP contribution in [0.25, 0.3) is 0 Å². The molecule has 124 valence electrons. The van der Waals surface area contributed by atoms with E-state index in [1.54, 1.807) is 0 Å². The van der Waals surface area contributed by atoms with Crippen molar-refractivity contribution in [2.45, 2.75) is 46.0 Å². The third-order valence-corrected chi connectivity index (χ3v) is 2.64. The van der Waals surface area contributed by atoms with Gasteiger partial charge in [-0.2, -0.15) is 0 Å². The molecule has 1 N–H and O–H groups in total. The highest BCUT2D eigenvalue weighted by molar-refractivity contribution is 5.67. The van der Waals surface area contributed by atoms with Crippen LogP contribution in [-0.2, 0) is 20.8 Å². The topological polar surface area (TPSA) is 56.8 Å². The first-order valence-corrected chi connectivity index (χ1v) is 7.57. The maximum atomic E-state index is 11.4. The zero-order chi connectivity index (χ0) is 16.4. The number of hydrogen-bond donors (Lipinski definition) is 1. The largest absolute Gasteiger partial charge is 0.444 e. The number of ether oxygens (including phenoxy) is 3. The van der Waals surface area contributed by atoms with E-state index in [4.69, 9.17) is 14.2 Å². The molecule has 0 bridgehead atoms. The van der Waals surface area contributed by atoms with Crippen LogP contribution in [0.3, 0.4) is 0 Å². The van der Waals surface area contributed by atoms with Crippen molar-refractivity contribution in [2.24, 2.45) is 0 Å². The van der Waals surface area contributed by atoms with E-state index < -0.39 is 11.7 Å². The number of amides is 1. The first-order chi connectivity index (χ1) is 10.4. The van der Waals surface area contributed by atoms with Crippen molar-refractivity contribution >= 4 is 6.09 Å². The molecule has 0 saturated carbocycles. The Morgan fingerprint density at radius 1 is 1.23 bits per heavy atom. The van der Waals surface area contributed by atoms with E-state index >= 15 is 0 Å². The van der Waals surface area contributed by atoms with Gasteiger partial charge in [-0.25, -0.2) is 4.79 Å². The van der Waals surface area contributed by atoms with Gasteiger partial charge in [0.25, 0.3) is 0 Å². The highest BCUT2D eigenvalue weighted by Crippen LogP contribution is 2.06. The molecule has 1 aromatic rings. The lowest BCUT2D eigenvalue weighted by molar-refractivity contribution is -0.0144. The molecular formula is C17H27NO4. The van der Waals surface area contributed by atoms with Gasteiger partial charge in [0.15, 0.2) is 0 Å². The number of carbonyl (C=O) groups excluding carboxylic acids is 1. The SMILES string of the molecule is CC(COCCNC(=O)OC(C)(C)C)OCc1ccccc1. The maximum absolute atomic E-state index is 11.4. The highest BCUT2D eigenvalue weighted by atomic mass is 16.6. The Balaban J connectivity index is 2.03. The lowest BCUT2D eigenvalue weighted by atomic mass is 10.2. The maximum Gasteiger partial charge on any atom is 0.407 e. The number of rotatable bonds is 8. The van der Waals surface area contributed by atoms with E-state index in [0.29, 0.717) is 26.4 Å². The van der Waals surface area contributed by atoms with Crippen LogP contribution in [-0.4, -0.2) is 37.6 Å². The predicted octanol–water partition coefficient (Wildman–Crippen LogP) is 3.13. The predicted molar refractivity (Wildman–Crippen MR) is 85.7 cm³/mol. The van der Waals surface area contributed by atoms with Gasteiger partial charge in [0.1, 0.15) is 5.60 Å². The first kappa shape index (κ1) is 18.5. The first-order valence-electron chi connectivity index (χ1n) is 7.57. The number of hydrogen-bond acceptors (Lipinski definition) is 4. The Labute approximate surface area is 132 Å². The summed E-state index contributed by atoms with van der Waals surface area (Å²) in [6.07, 6.45) is -0.425. The quantitative estimate of drug-likeness (QED) is 0.750. The van der Waals surface area contributed by atoms with Gasteiger partial charge in [-0.15, -0.1) is 0 Å². The lowest BCUT2D eigenvalue weighted by Crippen LogP contribution is -2.34. The average molecular weight is 309 g/mol. The van der Waals surface area contributed by atoms with E-state index in [1.807, 2.05) is 58.0 Å². The summed E-state index contributed by atoms with van der Waals surface area (Å²) >= 11 is 0. The normalized spacial score (nSPS) is 12.7. The summed E-state index contributed by atoms with van der Waals surface area (Å²) in [4.78, 5) is 11.4. The van der Waals surface area contributed by atoms with Crippen molar-refractivity contribution in [2.75, 3.05) is 19.8 Å². The van der Waals surface area contributed by atoms with Gasteiger partial charge < -0.3 is 19.5 Å². The van der Waals surface area contributed by atoms with Gasteiger partial charge in [0.2, 0.25) is 0 Å². The van der Waals surface area contributed by atoms with Crippen LogP contribution in [0.15, 0.2) is 30.3 Å². The second-order valence-electron chi connectivity index (χ2n) is 6.11. The van der Waals surface area contributed by atoms with Gasteiger partial charge in [0.05, 0.1) is 25.9 Å². The fraction of sp³-hybridized carbons (Fsp3) is 0.588. The van der Waals surface area contributed by atoms with Gasteiger partial charge in [-0.1, -0.05) is 30.3 Å². The molecule has 1 atom stereocenters. The van der Waals surface area contributed by atoms with Crippen LogP contribution in [0.1, 0.15) is 33.3 Å². The van der Waals surface area contributed by atoms with Crippen molar-refractivity contribution in [3.05, 3.63) is 35.9 Å². The standard InChI is InChI=1S/C17H27NO4/c1-14(21-13-15-8-6-5-7-9-15)12-20-11-10-18-16(19)22-17(2,3)4/h5-9,14H,10-13H2,1-4H3,(H,18,19). The second-order valence-corrected chi connectivity index (χ2v) is 6.11. The van der Waals surface area contributed by atoms with Crippen LogP contribution in [0.2, 0.25) is 0 Å².